The summed E-state index contributed by atoms with van der Waals surface area (Å²) in [6.45, 7) is 5.47. The fourth-order valence-corrected chi connectivity index (χ4v) is 1.36. The molecule has 0 aliphatic carbocycles. The van der Waals surface area contributed by atoms with Crippen molar-refractivity contribution in [3.05, 3.63) is 0 Å². The molecule has 0 saturated heterocycles. The molecule has 0 radical (unpaired) electrons. The lowest BCUT2D eigenvalue weighted by Gasteiger charge is -2.23. The van der Waals surface area contributed by atoms with Crippen molar-refractivity contribution in [3.63, 3.8) is 0 Å². The maximum atomic E-state index is 11.4. The summed E-state index contributed by atoms with van der Waals surface area (Å²) in [7, 11) is -0.993. The fourth-order valence-electron chi connectivity index (χ4n) is 1.04. The second-order valence-corrected chi connectivity index (χ2v) is 6.39. The Bertz CT molecular complexity index is 335. The number of carbonyl (C=O) groups is 2. The fraction of sp³-hybridized carbons (Fsp3) is 0.818. The van der Waals surface area contributed by atoms with Crippen molar-refractivity contribution in [3.8, 4) is 0 Å². The van der Waals surface area contributed by atoms with Gasteiger partial charge in [0.2, 0.25) is 0 Å². The highest BCUT2D eigenvalue weighted by Crippen LogP contribution is 2.19. The van der Waals surface area contributed by atoms with Gasteiger partial charge in [0.15, 0.2) is 0 Å². The standard InChI is InChI=1S/C11H22N2O4S/c1-5-11(3,9(14)15)7-13-10(16)12-6-8(2)18(4)17/h8H,5-7H2,1-4H3,(H,14,15)(H2,12,13,16). The van der Waals surface area contributed by atoms with Gasteiger partial charge < -0.3 is 15.7 Å². The van der Waals surface area contributed by atoms with Gasteiger partial charge in [0.05, 0.1) is 5.41 Å². The summed E-state index contributed by atoms with van der Waals surface area (Å²) in [6, 6.07) is -0.437. The number of urea groups is 1. The van der Waals surface area contributed by atoms with E-state index in [1.54, 1.807) is 27.0 Å². The zero-order valence-electron chi connectivity index (χ0n) is 11.3. The van der Waals surface area contributed by atoms with Gasteiger partial charge in [-0.1, -0.05) is 6.92 Å². The largest absolute Gasteiger partial charge is 0.481 e. The van der Waals surface area contributed by atoms with Gasteiger partial charge in [-0.25, -0.2) is 4.79 Å². The molecule has 3 atom stereocenters. The van der Waals surface area contributed by atoms with E-state index in [2.05, 4.69) is 10.6 Å². The lowest BCUT2D eigenvalue weighted by Crippen LogP contribution is -2.46. The molecule has 0 saturated carbocycles. The Morgan fingerprint density at radius 2 is 1.94 bits per heavy atom. The summed E-state index contributed by atoms with van der Waals surface area (Å²) in [5.74, 6) is -0.937. The monoisotopic (exact) mass is 278 g/mol. The molecule has 6 nitrogen and oxygen atoms in total. The highest BCUT2D eigenvalue weighted by atomic mass is 32.2. The van der Waals surface area contributed by atoms with Gasteiger partial charge >= 0.3 is 12.0 Å². The summed E-state index contributed by atoms with van der Waals surface area (Å²) < 4.78 is 11.1. The Labute approximate surface area is 110 Å². The molecule has 2 amide bonds. The van der Waals surface area contributed by atoms with Gasteiger partial charge in [0, 0.05) is 35.4 Å². The minimum absolute atomic E-state index is 0.0638. The highest BCUT2D eigenvalue weighted by Gasteiger charge is 2.31. The first-order valence-corrected chi connectivity index (χ1v) is 7.42. The number of hydrogen-bond acceptors (Lipinski definition) is 3. The minimum Gasteiger partial charge on any atom is -0.481 e. The molecule has 3 N–H and O–H groups in total. The van der Waals surface area contributed by atoms with Crippen molar-refractivity contribution in [2.75, 3.05) is 19.3 Å². The van der Waals surface area contributed by atoms with Crippen molar-refractivity contribution >= 4 is 22.8 Å². The van der Waals surface area contributed by atoms with Gasteiger partial charge in [-0.2, -0.15) is 0 Å². The molecular formula is C11H22N2O4S. The van der Waals surface area contributed by atoms with Crippen LogP contribution in [0.2, 0.25) is 0 Å². The van der Waals surface area contributed by atoms with E-state index in [4.69, 9.17) is 5.11 Å². The molecule has 0 aromatic heterocycles. The van der Waals surface area contributed by atoms with Gasteiger partial charge in [-0.05, 0) is 20.3 Å². The van der Waals surface area contributed by atoms with Crippen LogP contribution in [0.4, 0.5) is 4.79 Å². The number of carboxylic acids is 1. The zero-order valence-corrected chi connectivity index (χ0v) is 12.1. The molecule has 0 spiro atoms. The topological polar surface area (TPSA) is 95.5 Å². The van der Waals surface area contributed by atoms with Gasteiger partial charge in [-0.15, -0.1) is 0 Å². The maximum absolute atomic E-state index is 11.4. The van der Waals surface area contributed by atoms with Crippen LogP contribution in [-0.4, -0.2) is 45.9 Å². The summed E-state index contributed by atoms with van der Waals surface area (Å²) in [4.78, 5) is 22.4. The smallest absolute Gasteiger partial charge is 0.314 e. The van der Waals surface area contributed by atoms with Gasteiger partial charge in [-0.3, -0.25) is 9.00 Å². The van der Waals surface area contributed by atoms with E-state index < -0.39 is 28.2 Å². The molecule has 0 heterocycles. The minimum atomic E-state index is -0.993. The molecule has 0 bridgehead atoms. The van der Waals surface area contributed by atoms with Crippen molar-refractivity contribution in [2.24, 2.45) is 5.41 Å². The quantitative estimate of drug-likeness (QED) is 0.634. The Morgan fingerprint density at radius 1 is 1.39 bits per heavy atom. The SMILES string of the molecule is CCC(C)(CNC(=O)NCC(C)S(C)=O)C(=O)O. The molecule has 7 heteroatoms. The summed E-state index contributed by atoms with van der Waals surface area (Å²) in [5, 5.41) is 14.0. The predicted molar refractivity (Wildman–Crippen MR) is 71.0 cm³/mol. The number of rotatable bonds is 7. The van der Waals surface area contributed by atoms with E-state index in [0.717, 1.165) is 0 Å². The van der Waals surface area contributed by atoms with E-state index >= 15 is 0 Å². The first-order chi connectivity index (χ1) is 8.23. The number of aliphatic carboxylic acids is 1. The van der Waals surface area contributed by atoms with Crippen molar-refractivity contribution in [1.29, 1.82) is 0 Å². The number of carbonyl (C=O) groups excluding carboxylic acids is 1. The molecular weight excluding hydrogens is 256 g/mol. The third kappa shape index (κ3) is 5.48. The first-order valence-electron chi connectivity index (χ1n) is 5.80. The molecule has 0 aliphatic heterocycles. The Balaban J connectivity index is 4.11. The third-order valence-corrected chi connectivity index (χ3v) is 4.35. The van der Waals surface area contributed by atoms with Crippen LogP contribution in [0.3, 0.4) is 0 Å². The lowest BCUT2D eigenvalue weighted by molar-refractivity contribution is -0.147. The van der Waals surface area contributed by atoms with Crippen LogP contribution in [0.15, 0.2) is 0 Å². The molecule has 3 unspecified atom stereocenters. The van der Waals surface area contributed by atoms with Gasteiger partial charge in [0.1, 0.15) is 0 Å². The Morgan fingerprint density at radius 3 is 2.33 bits per heavy atom. The first kappa shape index (κ1) is 16.9. The average molecular weight is 278 g/mol. The number of amides is 2. The van der Waals surface area contributed by atoms with Crippen molar-refractivity contribution in [1.82, 2.24) is 10.6 Å². The van der Waals surface area contributed by atoms with Crippen LogP contribution in [-0.2, 0) is 15.6 Å². The summed E-state index contributed by atoms with van der Waals surface area (Å²) >= 11 is 0. The lowest BCUT2D eigenvalue weighted by atomic mass is 9.88. The molecule has 0 aromatic rings. The van der Waals surface area contributed by atoms with Gasteiger partial charge in [0.25, 0.3) is 0 Å². The molecule has 106 valence electrons. The van der Waals surface area contributed by atoms with Crippen LogP contribution in [0.5, 0.6) is 0 Å². The van der Waals surface area contributed by atoms with Crippen LogP contribution < -0.4 is 10.6 Å². The predicted octanol–water partition coefficient (Wildman–Crippen LogP) is 0.553. The van der Waals surface area contributed by atoms with E-state index in [-0.39, 0.29) is 11.8 Å². The van der Waals surface area contributed by atoms with E-state index in [0.29, 0.717) is 13.0 Å². The second kappa shape index (κ2) is 7.35. The Hall–Kier alpha value is -1.11. The van der Waals surface area contributed by atoms with Crippen LogP contribution in [0.25, 0.3) is 0 Å². The average Bonchev–Trinajstić information content (AvgIpc) is 2.32. The maximum Gasteiger partial charge on any atom is 0.314 e. The van der Waals surface area contributed by atoms with E-state index in [1.165, 1.54) is 0 Å². The summed E-state index contributed by atoms with van der Waals surface area (Å²) in [6.07, 6.45) is 2.00. The van der Waals surface area contributed by atoms with Crippen LogP contribution in [0.1, 0.15) is 27.2 Å². The second-order valence-electron chi connectivity index (χ2n) is 4.59. The van der Waals surface area contributed by atoms with E-state index in [9.17, 15) is 13.8 Å². The number of carboxylic acid groups (broad SMARTS) is 1. The Kier molecular flexibility index (Phi) is 6.90. The number of hydrogen-bond donors (Lipinski definition) is 3. The molecule has 18 heavy (non-hydrogen) atoms. The van der Waals surface area contributed by atoms with E-state index in [1.807, 2.05) is 0 Å². The van der Waals surface area contributed by atoms with Crippen LogP contribution in [0, 0.1) is 5.41 Å². The van der Waals surface area contributed by atoms with Crippen molar-refractivity contribution < 1.29 is 18.9 Å². The zero-order chi connectivity index (χ0) is 14.3. The molecule has 0 aliphatic rings. The highest BCUT2D eigenvalue weighted by molar-refractivity contribution is 7.84. The molecule has 0 rings (SSSR count). The number of nitrogens with one attached hydrogen (secondary N) is 2. The molecule has 0 aromatic carbocycles. The normalized spacial score (nSPS) is 17.3. The third-order valence-electron chi connectivity index (χ3n) is 3.05. The van der Waals surface area contributed by atoms with Crippen LogP contribution >= 0.6 is 0 Å². The molecule has 0 fully saturated rings. The van der Waals surface area contributed by atoms with Crippen molar-refractivity contribution in [2.45, 2.75) is 32.4 Å². The summed E-state index contributed by atoms with van der Waals surface area (Å²) in [5.41, 5.74) is -0.962.